The lowest BCUT2D eigenvalue weighted by atomic mass is 9.84. The van der Waals surface area contributed by atoms with Crippen LogP contribution in [0.15, 0.2) is 48.5 Å². The highest BCUT2D eigenvalue weighted by Gasteiger charge is 2.32. The molecule has 2 aromatic carbocycles. The molecular weight excluding hydrogens is 524 g/mol. The van der Waals surface area contributed by atoms with Crippen molar-refractivity contribution >= 4 is 23.4 Å². The molecule has 41 heavy (non-hydrogen) atoms. The molecule has 0 saturated carbocycles. The molecule has 0 spiro atoms. The monoisotopic (exact) mass is 568 g/mol. The minimum absolute atomic E-state index is 0.0410. The molecule has 10 nitrogen and oxygen atoms in total. The first-order valence-electron chi connectivity index (χ1n) is 14.2. The summed E-state index contributed by atoms with van der Waals surface area (Å²) in [5.74, 6) is -0.306. The molecular formula is C31H44N4O6. The van der Waals surface area contributed by atoms with Crippen LogP contribution in [0.25, 0.3) is 0 Å². The highest BCUT2D eigenvalue weighted by atomic mass is 16.6. The van der Waals surface area contributed by atoms with Gasteiger partial charge >= 0.3 is 12.1 Å². The van der Waals surface area contributed by atoms with Gasteiger partial charge in [-0.05, 0) is 56.2 Å². The number of esters is 1. The van der Waals surface area contributed by atoms with Gasteiger partial charge in [0.05, 0.1) is 17.4 Å². The van der Waals surface area contributed by atoms with E-state index in [0.29, 0.717) is 25.3 Å². The summed E-state index contributed by atoms with van der Waals surface area (Å²) in [6.07, 6.45) is 1.46. The van der Waals surface area contributed by atoms with E-state index in [-0.39, 0.29) is 48.3 Å². The standard InChI is InChI=1S/C31H44N4O6/c1-30(2,3)27(18-28(36)40-21-22-11-8-7-9-12-22)33-19-23-14-15-25(26(17-23)35(38)39)32-20-24-13-10-16-34(24)29(37)41-31(4,5)6/h7-9,11-12,14-15,17,24,27,32-33H,10,13,16,18-21H2,1-6H3/t24?,27-/m0/s1. The van der Waals surface area contributed by atoms with Gasteiger partial charge in [-0.25, -0.2) is 4.79 Å². The average Bonchev–Trinajstić information content (AvgIpc) is 3.37. The topological polar surface area (TPSA) is 123 Å². The molecule has 1 aliphatic rings. The van der Waals surface area contributed by atoms with E-state index in [9.17, 15) is 19.7 Å². The number of anilines is 1. The molecule has 0 radical (unpaired) electrons. The molecule has 2 atom stereocenters. The first-order valence-corrected chi connectivity index (χ1v) is 14.2. The lowest BCUT2D eigenvalue weighted by molar-refractivity contribution is -0.384. The maximum atomic E-state index is 12.6. The van der Waals surface area contributed by atoms with E-state index in [1.807, 2.05) is 77.9 Å². The van der Waals surface area contributed by atoms with Gasteiger partial charge < -0.3 is 25.0 Å². The van der Waals surface area contributed by atoms with Gasteiger partial charge in [-0.2, -0.15) is 0 Å². The molecule has 2 N–H and O–H groups in total. The summed E-state index contributed by atoms with van der Waals surface area (Å²) in [5, 5.41) is 18.5. The largest absolute Gasteiger partial charge is 0.461 e. The normalized spacial score (nSPS) is 16.2. The molecule has 0 aliphatic carbocycles. The molecule has 10 heteroatoms. The number of hydrogen-bond donors (Lipinski definition) is 2. The number of nitro groups is 1. The summed E-state index contributed by atoms with van der Waals surface area (Å²) in [6.45, 7) is 13.1. The van der Waals surface area contributed by atoms with Crippen molar-refractivity contribution in [2.75, 3.05) is 18.4 Å². The third kappa shape index (κ3) is 10.0. The van der Waals surface area contributed by atoms with Crippen molar-refractivity contribution in [1.29, 1.82) is 0 Å². The van der Waals surface area contributed by atoms with E-state index >= 15 is 0 Å². The molecule has 1 unspecified atom stereocenters. The number of likely N-dealkylation sites (tertiary alicyclic amines) is 1. The Hall–Kier alpha value is -3.66. The van der Waals surface area contributed by atoms with E-state index in [1.54, 1.807) is 17.0 Å². The number of ether oxygens (including phenoxy) is 2. The predicted molar refractivity (Wildman–Crippen MR) is 158 cm³/mol. The molecule has 1 amide bonds. The van der Waals surface area contributed by atoms with Crippen molar-refractivity contribution in [2.24, 2.45) is 5.41 Å². The maximum absolute atomic E-state index is 12.6. The number of rotatable bonds is 11. The first-order chi connectivity index (χ1) is 19.2. The number of nitrogens with zero attached hydrogens (tertiary/aromatic N) is 2. The summed E-state index contributed by atoms with van der Waals surface area (Å²) in [4.78, 5) is 38.4. The van der Waals surface area contributed by atoms with Gasteiger partial charge in [-0.3, -0.25) is 14.9 Å². The zero-order valence-electron chi connectivity index (χ0n) is 25.1. The van der Waals surface area contributed by atoms with Crippen molar-refractivity contribution in [2.45, 2.75) is 91.6 Å². The second kappa shape index (κ2) is 13.8. The summed E-state index contributed by atoms with van der Waals surface area (Å²) in [6, 6.07) is 14.3. The van der Waals surface area contributed by atoms with Crippen molar-refractivity contribution in [1.82, 2.24) is 10.2 Å². The maximum Gasteiger partial charge on any atom is 0.410 e. The average molecular weight is 569 g/mol. The van der Waals surface area contributed by atoms with E-state index in [0.717, 1.165) is 24.0 Å². The van der Waals surface area contributed by atoms with Gasteiger partial charge in [0.15, 0.2) is 0 Å². The van der Waals surface area contributed by atoms with E-state index in [4.69, 9.17) is 9.47 Å². The molecule has 1 heterocycles. The van der Waals surface area contributed by atoms with Crippen LogP contribution in [-0.4, -0.2) is 52.7 Å². The van der Waals surface area contributed by atoms with Crippen molar-refractivity contribution in [3.8, 4) is 0 Å². The van der Waals surface area contributed by atoms with Gasteiger partial charge in [0, 0.05) is 31.7 Å². The van der Waals surface area contributed by atoms with Crippen LogP contribution in [0.5, 0.6) is 0 Å². The Bertz CT molecular complexity index is 1190. The van der Waals surface area contributed by atoms with Gasteiger partial charge in [-0.1, -0.05) is 57.2 Å². The number of hydrogen-bond acceptors (Lipinski definition) is 8. The van der Waals surface area contributed by atoms with Crippen LogP contribution in [0.1, 0.15) is 71.9 Å². The van der Waals surface area contributed by atoms with Crippen molar-refractivity contribution in [3.05, 3.63) is 69.8 Å². The smallest absolute Gasteiger partial charge is 0.410 e. The van der Waals surface area contributed by atoms with Crippen LogP contribution >= 0.6 is 0 Å². The number of carbonyl (C=O) groups is 2. The Morgan fingerprint density at radius 3 is 2.41 bits per heavy atom. The minimum atomic E-state index is -0.589. The van der Waals surface area contributed by atoms with Crippen LogP contribution in [0, 0.1) is 15.5 Å². The molecule has 224 valence electrons. The van der Waals surface area contributed by atoms with Gasteiger partial charge in [0.25, 0.3) is 5.69 Å². The quantitative estimate of drug-likeness (QED) is 0.191. The fraction of sp³-hybridized carbons (Fsp3) is 0.548. The fourth-order valence-corrected chi connectivity index (χ4v) is 4.71. The van der Waals surface area contributed by atoms with E-state index in [1.165, 1.54) is 0 Å². The van der Waals surface area contributed by atoms with Gasteiger partial charge in [-0.15, -0.1) is 0 Å². The zero-order valence-corrected chi connectivity index (χ0v) is 25.1. The number of nitro benzene ring substituents is 1. The fourth-order valence-electron chi connectivity index (χ4n) is 4.71. The predicted octanol–water partition coefficient (Wildman–Crippen LogP) is 6.04. The third-order valence-corrected chi connectivity index (χ3v) is 7.00. The molecule has 3 rings (SSSR count). The summed E-state index contributed by atoms with van der Waals surface area (Å²) in [5.41, 5.74) is 1.17. The van der Waals surface area contributed by atoms with E-state index in [2.05, 4.69) is 10.6 Å². The van der Waals surface area contributed by atoms with Crippen LogP contribution in [0.3, 0.4) is 0 Å². The van der Waals surface area contributed by atoms with Crippen LogP contribution in [0.4, 0.5) is 16.2 Å². The lowest BCUT2D eigenvalue weighted by Gasteiger charge is -2.31. The highest BCUT2D eigenvalue weighted by molar-refractivity contribution is 5.70. The van der Waals surface area contributed by atoms with E-state index < -0.39 is 10.5 Å². The Kier molecular flexibility index (Phi) is 10.7. The lowest BCUT2D eigenvalue weighted by Crippen LogP contribution is -2.42. The Morgan fingerprint density at radius 1 is 1.07 bits per heavy atom. The number of nitrogens with one attached hydrogen (secondary N) is 2. The zero-order chi connectivity index (χ0) is 30.2. The van der Waals surface area contributed by atoms with Crippen molar-refractivity contribution in [3.63, 3.8) is 0 Å². The van der Waals surface area contributed by atoms with Crippen LogP contribution in [-0.2, 0) is 27.4 Å². The molecule has 0 bridgehead atoms. The Balaban J connectivity index is 1.60. The second-order valence-electron chi connectivity index (χ2n) is 12.6. The van der Waals surface area contributed by atoms with Crippen molar-refractivity contribution < 1.29 is 24.0 Å². The van der Waals surface area contributed by atoms with Gasteiger partial charge in [0.2, 0.25) is 0 Å². The SMILES string of the molecule is CC(C)(C)OC(=O)N1CCCC1CNc1ccc(CN[C@@H](CC(=O)OCc2ccccc2)C(C)(C)C)cc1[N+](=O)[O-]. The number of benzene rings is 2. The Morgan fingerprint density at radius 2 is 1.78 bits per heavy atom. The van der Waals surface area contributed by atoms with Crippen LogP contribution < -0.4 is 10.6 Å². The number of carbonyl (C=O) groups excluding carboxylic acids is 2. The number of amides is 1. The summed E-state index contributed by atoms with van der Waals surface area (Å²) < 4.78 is 11.0. The molecule has 1 aliphatic heterocycles. The Labute approximate surface area is 242 Å². The second-order valence-corrected chi connectivity index (χ2v) is 12.6. The third-order valence-electron chi connectivity index (χ3n) is 7.00. The molecule has 0 aromatic heterocycles. The summed E-state index contributed by atoms with van der Waals surface area (Å²) in [7, 11) is 0. The molecule has 1 fully saturated rings. The first kappa shape index (κ1) is 31.9. The minimum Gasteiger partial charge on any atom is -0.461 e. The summed E-state index contributed by atoms with van der Waals surface area (Å²) >= 11 is 0. The van der Waals surface area contributed by atoms with Gasteiger partial charge in [0.1, 0.15) is 17.9 Å². The highest BCUT2D eigenvalue weighted by Crippen LogP contribution is 2.28. The van der Waals surface area contributed by atoms with Crippen LogP contribution in [0.2, 0.25) is 0 Å². The molecule has 2 aromatic rings. The molecule has 1 saturated heterocycles.